The standard InChI is InChI=1S/C21H20N2O6/c1-26-17-7-4-15(5-8-17)6-9-20(24)22-11-10-21(25)28-14-16-13-19(29-23-16)18-3-2-12-27-18/h2-9,12-13H,10-11,14H2,1H3,(H,22,24)/b9-6+. The zero-order valence-electron chi connectivity index (χ0n) is 15.8. The van der Waals surface area contributed by atoms with Crippen LogP contribution in [0.25, 0.3) is 17.6 Å². The van der Waals surface area contributed by atoms with Crippen molar-refractivity contribution in [3.05, 3.63) is 66.1 Å². The Kier molecular flexibility index (Phi) is 6.83. The third-order valence-electron chi connectivity index (χ3n) is 3.88. The molecule has 0 spiro atoms. The molecule has 0 atom stereocenters. The lowest BCUT2D eigenvalue weighted by Crippen LogP contribution is -2.24. The molecule has 0 aliphatic heterocycles. The number of nitrogens with zero attached hydrogens (tertiary/aromatic N) is 1. The molecule has 8 nitrogen and oxygen atoms in total. The second-order valence-electron chi connectivity index (χ2n) is 5.97. The van der Waals surface area contributed by atoms with Crippen LogP contribution in [0.15, 0.2) is 63.7 Å². The quantitative estimate of drug-likeness (QED) is 0.437. The molecule has 0 bridgehead atoms. The molecule has 1 N–H and O–H groups in total. The third-order valence-corrected chi connectivity index (χ3v) is 3.88. The molecule has 0 radical (unpaired) electrons. The Morgan fingerprint density at radius 2 is 2.00 bits per heavy atom. The van der Waals surface area contributed by atoms with Crippen molar-refractivity contribution in [2.75, 3.05) is 13.7 Å². The maximum atomic E-state index is 11.8. The number of amides is 1. The highest BCUT2D eigenvalue weighted by Gasteiger charge is 2.11. The smallest absolute Gasteiger partial charge is 0.307 e. The molecule has 3 aromatic rings. The first-order valence-corrected chi connectivity index (χ1v) is 8.89. The van der Waals surface area contributed by atoms with Gasteiger partial charge in [0.05, 0.1) is 19.8 Å². The summed E-state index contributed by atoms with van der Waals surface area (Å²) in [7, 11) is 1.59. The third kappa shape index (κ3) is 6.10. The van der Waals surface area contributed by atoms with E-state index in [1.54, 1.807) is 43.5 Å². The number of aromatic nitrogens is 1. The maximum Gasteiger partial charge on any atom is 0.307 e. The minimum absolute atomic E-state index is 0.0195. The largest absolute Gasteiger partial charge is 0.497 e. The van der Waals surface area contributed by atoms with Crippen LogP contribution < -0.4 is 10.1 Å². The zero-order valence-corrected chi connectivity index (χ0v) is 15.8. The molecule has 2 aromatic heterocycles. The van der Waals surface area contributed by atoms with Crippen molar-refractivity contribution in [3.8, 4) is 17.3 Å². The van der Waals surface area contributed by atoms with Gasteiger partial charge < -0.3 is 23.7 Å². The van der Waals surface area contributed by atoms with E-state index < -0.39 is 5.97 Å². The lowest BCUT2D eigenvalue weighted by molar-refractivity contribution is -0.145. The molecular weight excluding hydrogens is 376 g/mol. The number of hydrogen-bond donors (Lipinski definition) is 1. The fourth-order valence-electron chi connectivity index (χ4n) is 2.37. The van der Waals surface area contributed by atoms with Crippen LogP contribution in [0.1, 0.15) is 17.7 Å². The van der Waals surface area contributed by atoms with Crippen LogP contribution in [-0.4, -0.2) is 30.7 Å². The van der Waals surface area contributed by atoms with Gasteiger partial charge in [-0.15, -0.1) is 0 Å². The van der Waals surface area contributed by atoms with E-state index in [2.05, 4.69) is 10.5 Å². The first-order chi connectivity index (χ1) is 14.1. The number of esters is 1. The number of methoxy groups -OCH3 is 1. The molecule has 2 heterocycles. The second-order valence-corrected chi connectivity index (χ2v) is 5.97. The molecule has 1 amide bonds. The Hall–Kier alpha value is -3.81. The van der Waals surface area contributed by atoms with Gasteiger partial charge in [-0.3, -0.25) is 9.59 Å². The summed E-state index contributed by atoms with van der Waals surface area (Å²) in [5.74, 6) is 0.991. The Balaban J connectivity index is 1.35. The molecule has 29 heavy (non-hydrogen) atoms. The highest BCUT2D eigenvalue weighted by molar-refractivity contribution is 5.91. The topological polar surface area (TPSA) is 104 Å². The average molecular weight is 396 g/mol. The number of hydrogen-bond acceptors (Lipinski definition) is 7. The maximum absolute atomic E-state index is 11.8. The fourth-order valence-corrected chi connectivity index (χ4v) is 2.37. The van der Waals surface area contributed by atoms with Crippen molar-refractivity contribution in [1.29, 1.82) is 0 Å². The van der Waals surface area contributed by atoms with Crippen LogP contribution in [0.2, 0.25) is 0 Å². The van der Waals surface area contributed by atoms with Gasteiger partial charge in [0.15, 0.2) is 5.76 Å². The zero-order chi connectivity index (χ0) is 20.5. The van der Waals surface area contributed by atoms with Gasteiger partial charge >= 0.3 is 5.97 Å². The molecule has 0 aliphatic carbocycles. The summed E-state index contributed by atoms with van der Waals surface area (Å²) >= 11 is 0. The summed E-state index contributed by atoms with van der Waals surface area (Å²) in [5.41, 5.74) is 1.33. The molecule has 0 fully saturated rings. The number of ether oxygens (including phenoxy) is 2. The SMILES string of the molecule is COc1ccc(/C=C/C(=O)NCCC(=O)OCc2cc(-c3ccco3)on2)cc1. The molecule has 150 valence electrons. The van der Waals surface area contributed by atoms with E-state index >= 15 is 0 Å². The van der Waals surface area contributed by atoms with Gasteiger partial charge in [-0.25, -0.2) is 0 Å². The summed E-state index contributed by atoms with van der Waals surface area (Å²) in [5, 5.41) is 6.45. The summed E-state index contributed by atoms with van der Waals surface area (Å²) < 4.78 is 20.5. The average Bonchev–Trinajstić information content (AvgIpc) is 3.43. The minimum Gasteiger partial charge on any atom is -0.497 e. The Bertz CT molecular complexity index is 957. The lowest BCUT2D eigenvalue weighted by Gasteiger charge is -2.03. The highest BCUT2D eigenvalue weighted by Crippen LogP contribution is 2.20. The van der Waals surface area contributed by atoms with Crippen molar-refractivity contribution >= 4 is 18.0 Å². The predicted molar refractivity (Wildman–Crippen MR) is 104 cm³/mol. The van der Waals surface area contributed by atoms with Crippen molar-refractivity contribution in [2.45, 2.75) is 13.0 Å². The van der Waals surface area contributed by atoms with E-state index in [0.29, 0.717) is 17.2 Å². The van der Waals surface area contributed by atoms with Crippen LogP contribution in [0.4, 0.5) is 0 Å². The minimum atomic E-state index is -0.452. The number of carbonyl (C=O) groups excluding carboxylic acids is 2. The summed E-state index contributed by atoms with van der Waals surface area (Å²) in [4.78, 5) is 23.6. The first-order valence-electron chi connectivity index (χ1n) is 8.89. The summed E-state index contributed by atoms with van der Waals surface area (Å²) in [6.07, 6.45) is 4.65. The van der Waals surface area contributed by atoms with E-state index in [0.717, 1.165) is 11.3 Å². The molecule has 0 saturated heterocycles. The van der Waals surface area contributed by atoms with Crippen LogP contribution in [0.5, 0.6) is 5.75 Å². The van der Waals surface area contributed by atoms with Crippen molar-refractivity contribution in [2.24, 2.45) is 0 Å². The van der Waals surface area contributed by atoms with Crippen LogP contribution in [0.3, 0.4) is 0 Å². The van der Waals surface area contributed by atoms with Crippen LogP contribution in [-0.2, 0) is 20.9 Å². The van der Waals surface area contributed by atoms with Gasteiger partial charge in [0.1, 0.15) is 18.1 Å². The van der Waals surface area contributed by atoms with Gasteiger partial charge in [0.2, 0.25) is 11.7 Å². The van der Waals surface area contributed by atoms with E-state index in [-0.39, 0.29) is 25.5 Å². The number of benzene rings is 1. The molecule has 0 saturated carbocycles. The van der Waals surface area contributed by atoms with E-state index in [4.69, 9.17) is 18.4 Å². The first kappa shape index (κ1) is 19.9. The molecular formula is C21H20N2O6. The van der Waals surface area contributed by atoms with E-state index in [1.807, 2.05) is 12.1 Å². The van der Waals surface area contributed by atoms with Crippen LogP contribution in [0, 0.1) is 0 Å². The monoisotopic (exact) mass is 396 g/mol. The van der Waals surface area contributed by atoms with Crippen molar-refractivity contribution in [1.82, 2.24) is 10.5 Å². The number of rotatable bonds is 9. The molecule has 8 heteroatoms. The summed E-state index contributed by atoms with van der Waals surface area (Å²) in [6, 6.07) is 12.4. The van der Waals surface area contributed by atoms with Gasteiger partial charge in [0.25, 0.3) is 0 Å². The van der Waals surface area contributed by atoms with Crippen molar-refractivity contribution < 1.29 is 28.0 Å². The Labute approximate surface area is 167 Å². The lowest BCUT2D eigenvalue weighted by atomic mass is 10.2. The Morgan fingerprint density at radius 1 is 1.17 bits per heavy atom. The second kappa shape index (κ2) is 9.93. The summed E-state index contributed by atoms with van der Waals surface area (Å²) in [6.45, 7) is 0.148. The fraction of sp³-hybridized carbons (Fsp3) is 0.190. The number of furan rings is 1. The van der Waals surface area contributed by atoms with E-state index in [1.165, 1.54) is 12.3 Å². The highest BCUT2D eigenvalue weighted by atomic mass is 16.5. The molecule has 3 rings (SSSR count). The normalized spacial score (nSPS) is 10.8. The van der Waals surface area contributed by atoms with Gasteiger partial charge in [0, 0.05) is 18.7 Å². The van der Waals surface area contributed by atoms with Gasteiger partial charge in [-0.1, -0.05) is 17.3 Å². The molecule has 1 aromatic carbocycles. The molecule has 0 unspecified atom stereocenters. The van der Waals surface area contributed by atoms with Gasteiger partial charge in [-0.05, 0) is 35.9 Å². The van der Waals surface area contributed by atoms with Gasteiger partial charge in [-0.2, -0.15) is 0 Å². The number of carbonyl (C=O) groups is 2. The Morgan fingerprint density at radius 3 is 2.72 bits per heavy atom. The van der Waals surface area contributed by atoms with Crippen LogP contribution >= 0.6 is 0 Å². The van der Waals surface area contributed by atoms with E-state index in [9.17, 15) is 9.59 Å². The van der Waals surface area contributed by atoms with Crippen molar-refractivity contribution in [3.63, 3.8) is 0 Å². The molecule has 0 aliphatic rings. The number of nitrogens with one attached hydrogen (secondary N) is 1. The predicted octanol–water partition coefficient (Wildman–Crippen LogP) is 3.21.